The number of aromatic nitrogens is 3. The summed E-state index contributed by atoms with van der Waals surface area (Å²) in [7, 11) is 2.07. The van der Waals surface area contributed by atoms with E-state index in [4.69, 9.17) is 0 Å². The summed E-state index contributed by atoms with van der Waals surface area (Å²) >= 11 is 1.49. The molecule has 1 amide bonds. The molecule has 4 heterocycles. The fraction of sp³-hybridized carbons (Fsp3) is 0.312. The molecule has 0 fully saturated rings. The summed E-state index contributed by atoms with van der Waals surface area (Å²) < 4.78 is 15.0. The fourth-order valence-corrected chi connectivity index (χ4v) is 4.03. The van der Waals surface area contributed by atoms with Crippen LogP contribution in [0.1, 0.15) is 26.8 Å². The van der Waals surface area contributed by atoms with Crippen LogP contribution in [0.3, 0.4) is 0 Å². The van der Waals surface area contributed by atoms with Crippen molar-refractivity contribution in [2.75, 3.05) is 18.9 Å². The molecule has 8 heteroatoms. The molecule has 1 aliphatic rings. The Bertz CT molecular complexity index is 947. The van der Waals surface area contributed by atoms with Gasteiger partial charge in [0.2, 0.25) is 0 Å². The van der Waals surface area contributed by atoms with Gasteiger partial charge in [-0.25, -0.2) is 14.4 Å². The third-order valence-corrected chi connectivity index (χ3v) is 5.11. The predicted octanol–water partition coefficient (Wildman–Crippen LogP) is 2.48. The summed E-state index contributed by atoms with van der Waals surface area (Å²) in [5, 5.41) is 3.41. The zero-order valence-electron chi connectivity index (χ0n) is 13.3. The zero-order chi connectivity index (χ0) is 16.8. The molecule has 0 unspecified atom stereocenters. The molecule has 6 nitrogen and oxygen atoms in total. The van der Waals surface area contributed by atoms with Gasteiger partial charge >= 0.3 is 0 Å². The summed E-state index contributed by atoms with van der Waals surface area (Å²) in [6.45, 7) is 3.56. The van der Waals surface area contributed by atoms with Crippen LogP contribution >= 0.6 is 11.3 Å². The molecule has 1 N–H and O–H groups in total. The third kappa shape index (κ3) is 2.57. The number of amides is 1. The lowest BCUT2D eigenvalue weighted by atomic mass is 10.2. The minimum atomic E-state index is -0.415. The Morgan fingerprint density at radius 2 is 2.21 bits per heavy atom. The van der Waals surface area contributed by atoms with E-state index in [1.54, 1.807) is 13.0 Å². The van der Waals surface area contributed by atoms with Crippen molar-refractivity contribution in [2.24, 2.45) is 0 Å². The first kappa shape index (κ1) is 15.2. The number of imidazole rings is 1. The van der Waals surface area contributed by atoms with Crippen molar-refractivity contribution in [1.82, 2.24) is 19.3 Å². The Morgan fingerprint density at radius 3 is 3.04 bits per heavy atom. The van der Waals surface area contributed by atoms with E-state index >= 15 is 0 Å². The molecule has 4 rings (SSSR count). The van der Waals surface area contributed by atoms with Crippen LogP contribution < -0.4 is 5.32 Å². The molecule has 24 heavy (non-hydrogen) atoms. The highest BCUT2D eigenvalue weighted by atomic mass is 32.1. The van der Waals surface area contributed by atoms with E-state index in [-0.39, 0.29) is 5.91 Å². The molecule has 3 aromatic rings. The van der Waals surface area contributed by atoms with E-state index in [9.17, 15) is 9.18 Å². The summed E-state index contributed by atoms with van der Waals surface area (Å²) in [5.74, 6) is -0.744. The Kier molecular flexibility index (Phi) is 3.58. The number of carbonyl (C=O) groups excluding carboxylic acids is 1. The number of aryl methyl sites for hydroxylation is 1. The first-order chi connectivity index (χ1) is 11.5. The minimum absolute atomic E-state index is 0.329. The van der Waals surface area contributed by atoms with Gasteiger partial charge in [0.25, 0.3) is 5.91 Å². The van der Waals surface area contributed by atoms with E-state index in [1.807, 2.05) is 0 Å². The molecule has 0 radical (unpaired) electrons. The van der Waals surface area contributed by atoms with Crippen LogP contribution in [-0.4, -0.2) is 38.8 Å². The Labute approximate surface area is 142 Å². The van der Waals surface area contributed by atoms with Gasteiger partial charge in [0.1, 0.15) is 17.2 Å². The number of nitrogens with zero attached hydrogens (tertiary/aromatic N) is 4. The van der Waals surface area contributed by atoms with Crippen molar-refractivity contribution in [3.63, 3.8) is 0 Å². The van der Waals surface area contributed by atoms with Gasteiger partial charge in [-0.2, -0.15) is 0 Å². The number of halogens is 1. The number of hydrogen-bond donors (Lipinski definition) is 1. The average Bonchev–Trinajstić information content (AvgIpc) is 3.05. The van der Waals surface area contributed by atoms with Crippen LogP contribution in [-0.2, 0) is 13.0 Å². The van der Waals surface area contributed by atoms with Gasteiger partial charge in [-0.1, -0.05) is 0 Å². The number of pyridine rings is 1. The maximum absolute atomic E-state index is 13.5. The standard InChI is InChI=1S/C16H16FN5OS/c1-9-14(22-7-10(17)3-4-13(22)18-9)15(23)20-16-19-11-5-6-21(2)8-12(11)24-16/h3-4,7H,5-6,8H2,1-2H3,(H,19,20,23). The van der Waals surface area contributed by atoms with Crippen LogP contribution in [0.5, 0.6) is 0 Å². The number of rotatable bonds is 2. The van der Waals surface area contributed by atoms with Crippen LogP contribution in [0.2, 0.25) is 0 Å². The molecule has 0 bridgehead atoms. The van der Waals surface area contributed by atoms with Gasteiger partial charge in [0.05, 0.1) is 11.4 Å². The minimum Gasteiger partial charge on any atom is -0.301 e. The molecule has 0 aromatic carbocycles. The highest BCUT2D eigenvalue weighted by molar-refractivity contribution is 7.15. The highest BCUT2D eigenvalue weighted by Gasteiger charge is 2.22. The maximum Gasteiger partial charge on any atom is 0.276 e. The van der Waals surface area contributed by atoms with Crippen molar-refractivity contribution >= 4 is 28.0 Å². The number of likely N-dealkylation sites (N-methyl/N-ethyl adjacent to an activating group) is 1. The van der Waals surface area contributed by atoms with Crippen molar-refractivity contribution in [1.29, 1.82) is 0 Å². The van der Waals surface area contributed by atoms with Gasteiger partial charge in [-0.15, -0.1) is 11.3 Å². The smallest absolute Gasteiger partial charge is 0.276 e. The SMILES string of the molecule is Cc1nc2ccc(F)cn2c1C(=O)Nc1nc2c(s1)CN(C)CC2. The molecule has 0 saturated carbocycles. The highest BCUT2D eigenvalue weighted by Crippen LogP contribution is 2.28. The Morgan fingerprint density at radius 1 is 1.38 bits per heavy atom. The summed E-state index contributed by atoms with van der Waals surface area (Å²) in [4.78, 5) is 24.9. The number of fused-ring (bicyclic) bond motifs is 2. The maximum atomic E-state index is 13.5. The Balaban J connectivity index is 1.65. The Hall–Kier alpha value is -2.32. The quantitative estimate of drug-likeness (QED) is 0.775. The van der Waals surface area contributed by atoms with Gasteiger partial charge in [-0.05, 0) is 26.1 Å². The van der Waals surface area contributed by atoms with Crippen LogP contribution in [0.15, 0.2) is 18.3 Å². The van der Waals surface area contributed by atoms with Crippen LogP contribution in [0, 0.1) is 12.7 Å². The topological polar surface area (TPSA) is 62.5 Å². The van der Waals surface area contributed by atoms with E-state index < -0.39 is 5.82 Å². The number of thiazole rings is 1. The normalized spacial score (nSPS) is 14.8. The van der Waals surface area contributed by atoms with Gasteiger partial charge in [-0.3, -0.25) is 14.5 Å². The van der Waals surface area contributed by atoms with Crippen LogP contribution in [0.25, 0.3) is 5.65 Å². The van der Waals surface area contributed by atoms with Crippen molar-refractivity contribution in [3.05, 3.63) is 46.1 Å². The van der Waals surface area contributed by atoms with E-state index in [0.29, 0.717) is 22.2 Å². The first-order valence-corrected chi connectivity index (χ1v) is 8.45. The molecule has 0 aliphatic carbocycles. The number of nitrogens with one attached hydrogen (secondary N) is 1. The molecule has 0 spiro atoms. The summed E-state index contributed by atoms with van der Waals surface area (Å²) in [6, 6.07) is 2.88. The number of carbonyl (C=O) groups is 1. The monoisotopic (exact) mass is 345 g/mol. The molecule has 1 aliphatic heterocycles. The third-order valence-electron chi connectivity index (χ3n) is 4.11. The lowest BCUT2D eigenvalue weighted by molar-refractivity contribution is 0.102. The predicted molar refractivity (Wildman–Crippen MR) is 90.0 cm³/mol. The first-order valence-electron chi connectivity index (χ1n) is 7.64. The number of anilines is 1. The van der Waals surface area contributed by atoms with Gasteiger partial charge in [0, 0.05) is 30.6 Å². The second kappa shape index (κ2) is 5.64. The van der Waals surface area contributed by atoms with Gasteiger partial charge < -0.3 is 4.90 Å². The molecular weight excluding hydrogens is 329 g/mol. The lowest BCUT2D eigenvalue weighted by Crippen LogP contribution is -2.25. The molecule has 3 aromatic heterocycles. The lowest BCUT2D eigenvalue weighted by Gasteiger charge is -2.20. The second-order valence-electron chi connectivity index (χ2n) is 5.95. The second-order valence-corrected chi connectivity index (χ2v) is 7.04. The summed E-state index contributed by atoms with van der Waals surface area (Å²) in [6.07, 6.45) is 2.16. The van der Waals surface area contributed by atoms with Crippen LogP contribution in [0.4, 0.5) is 9.52 Å². The van der Waals surface area contributed by atoms with Crippen molar-refractivity contribution in [2.45, 2.75) is 19.9 Å². The van der Waals surface area contributed by atoms with E-state index in [2.05, 4.69) is 27.2 Å². The molecule has 0 saturated heterocycles. The van der Waals surface area contributed by atoms with Crippen molar-refractivity contribution in [3.8, 4) is 0 Å². The zero-order valence-corrected chi connectivity index (χ0v) is 14.2. The molecule has 124 valence electrons. The fourth-order valence-electron chi connectivity index (χ4n) is 2.94. The molecule has 0 atom stereocenters. The summed E-state index contributed by atoms with van der Waals surface area (Å²) in [5.41, 5.74) is 2.47. The van der Waals surface area contributed by atoms with E-state index in [0.717, 1.165) is 25.2 Å². The van der Waals surface area contributed by atoms with Gasteiger partial charge in [0.15, 0.2) is 5.13 Å². The average molecular weight is 345 g/mol. The largest absolute Gasteiger partial charge is 0.301 e. The van der Waals surface area contributed by atoms with E-state index in [1.165, 1.54) is 32.9 Å². The molecular formula is C16H16FN5OS. The van der Waals surface area contributed by atoms with Crippen molar-refractivity contribution < 1.29 is 9.18 Å². The number of hydrogen-bond acceptors (Lipinski definition) is 5.